The molecular weight excluding hydrogens is 370 g/mol. The van der Waals surface area contributed by atoms with Crippen LogP contribution in [-0.4, -0.2) is 52.9 Å². The van der Waals surface area contributed by atoms with Crippen LogP contribution in [0.1, 0.15) is 18.1 Å². The third kappa shape index (κ3) is 5.38. The van der Waals surface area contributed by atoms with Crippen LogP contribution < -0.4 is 5.32 Å². The zero-order chi connectivity index (χ0) is 20.8. The average molecular weight is 393 g/mol. The van der Waals surface area contributed by atoms with Crippen LogP contribution in [0.5, 0.6) is 0 Å². The second kappa shape index (κ2) is 9.28. The molecule has 2 aromatic rings. The van der Waals surface area contributed by atoms with Gasteiger partial charge in [-0.05, 0) is 36.8 Å². The first-order chi connectivity index (χ1) is 14.0. The number of non-ortho nitro benzene ring substituents is 1. The van der Waals surface area contributed by atoms with E-state index in [1.807, 2.05) is 31.2 Å². The fourth-order valence-electron chi connectivity index (χ4n) is 3.33. The number of benzene rings is 2. The number of rotatable bonds is 6. The van der Waals surface area contributed by atoms with E-state index in [9.17, 15) is 14.9 Å². The molecule has 1 aliphatic rings. The molecule has 1 atom stereocenters. The van der Waals surface area contributed by atoms with Crippen LogP contribution in [0.3, 0.4) is 0 Å². The molecule has 8 nitrogen and oxygen atoms in total. The van der Waals surface area contributed by atoms with E-state index in [4.69, 9.17) is 5.26 Å². The molecule has 0 spiro atoms. The fraction of sp³-hybridized carbons (Fsp3) is 0.333. The predicted octanol–water partition coefficient (Wildman–Crippen LogP) is 2.61. The maximum absolute atomic E-state index is 12.5. The molecule has 29 heavy (non-hydrogen) atoms. The lowest BCUT2D eigenvalue weighted by Crippen LogP contribution is -2.52. The Labute approximate surface area is 169 Å². The minimum absolute atomic E-state index is 0.00515. The van der Waals surface area contributed by atoms with Crippen LogP contribution in [0, 0.1) is 21.4 Å². The molecule has 1 amide bonds. The van der Waals surface area contributed by atoms with Crippen molar-refractivity contribution in [1.82, 2.24) is 9.80 Å². The summed E-state index contributed by atoms with van der Waals surface area (Å²) in [6, 6.07) is 15.3. The van der Waals surface area contributed by atoms with Gasteiger partial charge in [0.2, 0.25) is 5.91 Å². The molecule has 1 unspecified atom stereocenters. The van der Waals surface area contributed by atoms with Crippen molar-refractivity contribution in [1.29, 1.82) is 5.26 Å². The van der Waals surface area contributed by atoms with Crippen LogP contribution in [0.2, 0.25) is 0 Å². The number of nitrogens with zero attached hydrogens (tertiary/aromatic N) is 4. The number of carbonyl (C=O) groups excluding carboxylic acids is 1. The lowest BCUT2D eigenvalue weighted by Gasteiger charge is -2.37. The van der Waals surface area contributed by atoms with E-state index in [1.54, 1.807) is 0 Å². The summed E-state index contributed by atoms with van der Waals surface area (Å²) in [5, 5.41) is 22.4. The zero-order valence-electron chi connectivity index (χ0n) is 16.2. The number of anilines is 1. The first kappa shape index (κ1) is 20.5. The second-order valence-corrected chi connectivity index (χ2v) is 7.09. The van der Waals surface area contributed by atoms with Gasteiger partial charge in [0.25, 0.3) is 5.69 Å². The minimum atomic E-state index is -0.467. The molecular formula is C21H23N5O3. The lowest BCUT2D eigenvalue weighted by atomic mass is 10.1. The predicted molar refractivity (Wildman–Crippen MR) is 109 cm³/mol. The smallest absolute Gasteiger partial charge is 0.269 e. The molecule has 1 N–H and O–H groups in total. The SMILES string of the molecule is CC(C(=O)Nc1ccc([N+](=O)[O-])cc1)N1CCN(Cc2ccc(C#N)cc2)CC1. The third-order valence-electron chi connectivity index (χ3n) is 5.17. The molecule has 150 valence electrons. The highest BCUT2D eigenvalue weighted by molar-refractivity contribution is 5.94. The molecule has 1 saturated heterocycles. The van der Waals surface area contributed by atoms with E-state index >= 15 is 0 Å². The quantitative estimate of drug-likeness (QED) is 0.598. The van der Waals surface area contributed by atoms with E-state index < -0.39 is 4.92 Å². The molecule has 3 rings (SSSR count). The summed E-state index contributed by atoms with van der Waals surface area (Å²) in [6.45, 7) is 5.97. The van der Waals surface area contributed by atoms with Gasteiger partial charge in [0, 0.05) is 50.5 Å². The molecule has 0 bridgehead atoms. The lowest BCUT2D eigenvalue weighted by molar-refractivity contribution is -0.384. The standard InChI is InChI=1S/C21H23N5O3/c1-16(21(27)23-19-6-8-20(9-7-19)26(28)29)25-12-10-24(11-13-25)15-18-4-2-17(14-22)3-5-18/h2-9,16H,10-13,15H2,1H3,(H,23,27). The van der Waals surface area contributed by atoms with Gasteiger partial charge in [-0.1, -0.05) is 12.1 Å². The Kier molecular flexibility index (Phi) is 6.54. The number of amides is 1. The minimum Gasteiger partial charge on any atom is -0.325 e. The molecule has 1 heterocycles. The number of nitriles is 1. The number of nitro groups is 1. The van der Waals surface area contributed by atoms with Crippen LogP contribution >= 0.6 is 0 Å². The first-order valence-electron chi connectivity index (χ1n) is 9.47. The van der Waals surface area contributed by atoms with Crippen molar-refractivity contribution >= 4 is 17.3 Å². The molecule has 0 saturated carbocycles. The highest BCUT2D eigenvalue weighted by Gasteiger charge is 2.25. The van der Waals surface area contributed by atoms with E-state index in [1.165, 1.54) is 29.8 Å². The molecule has 0 aromatic heterocycles. The monoisotopic (exact) mass is 393 g/mol. The average Bonchev–Trinajstić information content (AvgIpc) is 2.74. The van der Waals surface area contributed by atoms with Crippen molar-refractivity contribution in [3.8, 4) is 6.07 Å². The first-order valence-corrected chi connectivity index (χ1v) is 9.47. The van der Waals surface area contributed by atoms with Crippen molar-refractivity contribution in [2.45, 2.75) is 19.5 Å². The Bertz CT molecular complexity index is 897. The van der Waals surface area contributed by atoms with Crippen LogP contribution in [0.15, 0.2) is 48.5 Å². The molecule has 1 aliphatic heterocycles. The van der Waals surface area contributed by atoms with Gasteiger partial charge in [-0.2, -0.15) is 5.26 Å². The molecule has 8 heteroatoms. The Morgan fingerprint density at radius 3 is 2.31 bits per heavy atom. The van der Waals surface area contributed by atoms with Gasteiger partial charge in [-0.3, -0.25) is 24.7 Å². The van der Waals surface area contributed by atoms with Gasteiger partial charge < -0.3 is 5.32 Å². The number of hydrogen-bond acceptors (Lipinski definition) is 6. The Morgan fingerprint density at radius 1 is 1.14 bits per heavy atom. The normalized spacial score (nSPS) is 16.0. The Hall–Kier alpha value is -3.28. The Morgan fingerprint density at radius 2 is 1.76 bits per heavy atom. The fourth-order valence-corrected chi connectivity index (χ4v) is 3.33. The molecule has 2 aromatic carbocycles. The summed E-state index contributed by atoms with van der Waals surface area (Å²) in [5.74, 6) is -0.126. The topological polar surface area (TPSA) is 103 Å². The van der Waals surface area contributed by atoms with Gasteiger partial charge in [-0.25, -0.2) is 0 Å². The van der Waals surface area contributed by atoms with Crippen molar-refractivity contribution in [2.75, 3.05) is 31.5 Å². The molecule has 1 fully saturated rings. The summed E-state index contributed by atoms with van der Waals surface area (Å²) >= 11 is 0. The maximum atomic E-state index is 12.5. The van der Waals surface area contributed by atoms with E-state index in [0.717, 1.165) is 32.7 Å². The van der Waals surface area contributed by atoms with Crippen LogP contribution in [0.4, 0.5) is 11.4 Å². The number of nitrogens with one attached hydrogen (secondary N) is 1. The highest BCUT2D eigenvalue weighted by Crippen LogP contribution is 2.17. The van der Waals surface area contributed by atoms with E-state index in [0.29, 0.717) is 11.3 Å². The van der Waals surface area contributed by atoms with E-state index in [-0.39, 0.29) is 17.6 Å². The summed E-state index contributed by atoms with van der Waals surface area (Å²) in [7, 11) is 0. The summed E-state index contributed by atoms with van der Waals surface area (Å²) in [6.07, 6.45) is 0. The largest absolute Gasteiger partial charge is 0.325 e. The maximum Gasteiger partial charge on any atom is 0.269 e. The Balaban J connectivity index is 1.48. The van der Waals surface area contributed by atoms with Crippen molar-refractivity contribution in [3.05, 3.63) is 69.8 Å². The van der Waals surface area contributed by atoms with Crippen LogP contribution in [-0.2, 0) is 11.3 Å². The van der Waals surface area contributed by atoms with Gasteiger partial charge in [0.05, 0.1) is 22.6 Å². The van der Waals surface area contributed by atoms with Gasteiger partial charge in [0.1, 0.15) is 0 Å². The number of nitro benzene ring substituents is 1. The van der Waals surface area contributed by atoms with Crippen molar-refractivity contribution < 1.29 is 9.72 Å². The third-order valence-corrected chi connectivity index (χ3v) is 5.17. The van der Waals surface area contributed by atoms with Gasteiger partial charge in [-0.15, -0.1) is 0 Å². The zero-order valence-corrected chi connectivity index (χ0v) is 16.2. The van der Waals surface area contributed by atoms with Gasteiger partial charge >= 0.3 is 0 Å². The summed E-state index contributed by atoms with van der Waals surface area (Å²) in [5.41, 5.74) is 2.37. The number of piperazine rings is 1. The van der Waals surface area contributed by atoms with E-state index in [2.05, 4.69) is 21.2 Å². The molecule has 0 radical (unpaired) electrons. The van der Waals surface area contributed by atoms with Crippen molar-refractivity contribution in [2.24, 2.45) is 0 Å². The summed E-state index contributed by atoms with van der Waals surface area (Å²) in [4.78, 5) is 27.3. The van der Waals surface area contributed by atoms with Gasteiger partial charge in [0.15, 0.2) is 0 Å². The van der Waals surface area contributed by atoms with Crippen LogP contribution in [0.25, 0.3) is 0 Å². The number of hydrogen-bond donors (Lipinski definition) is 1. The summed E-state index contributed by atoms with van der Waals surface area (Å²) < 4.78 is 0. The number of carbonyl (C=O) groups is 1. The van der Waals surface area contributed by atoms with Crippen molar-refractivity contribution in [3.63, 3.8) is 0 Å². The highest BCUT2D eigenvalue weighted by atomic mass is 16.6. The molecule has 0 aliphatic carbocycles. The second-order valence-electron chi connectivity index (χ2n) is 7.09.